The van der Waals surface area contributed by atoms with Gasteiger partial charge >= 0.3 is 11.7 Å². The van der Waals surface area contributed by atoms with E-state index in [0.29, 0.717) is 30.4 Å². The standard InChI is InChI=1S/C12H18N4O4S/c1-3-15-12(11(16(19)20)8(2)13-15)14-4-5-21-7-9(14)6-10(17)18/h9H,3-7H2,1-2H3,(H,17,18). The number of carbonyl (C=O) groups is 1. The van der Waals surface area contributed by atoms with Gasteiger partial charge in [-0.25, -0.2) is 4.68 Å². The number of aromatic nitrogens is 2. The molecule has 116 valence electrons. The minimum Gasteiger partial charge on any atom is -0.481 e. The monoisotopic (exact) mass is 314 g/mol. The minimum atomic E-state index is -0.894. The summed E-state index contributed by atoms with van der Waals surface area (Å²) in [5.74, 6) is 1.01. The Kier molecular flexibility index (Phi) is 4.71. The van der Waals surface area contributed by atoms with Crippen molar-refractivity contribution in [2.75, 3.05) is 23.0 Å². The van der Waals surface area contributed by atoms with Crippen LogP contribution >= 0.6 is 11.8 Å². The van der Waals surface area contributed by atoms with E-state index in [1.807, 2.05) is 11.8 Å². The van der Waals surface area contributed by atoms with Crippen LogP contribution in [0.5, 0.6) is 0 Å². The number of hydrogen-bond acceptors (Lipinski definition) is 6. The lowest BCUT2D eigenvalue weighted by Crippen LogP contribution is -2.45. The largest absolute Gasteiger partial charge is 0.481 e. The first-order chi connectivity index (χ1) is 9.95. The fraction of sp³-hybridized carbons (Fsp3) is 0.667. The van der Waals surface area contributed by atoms with Crippen molar-refractivity contribution < 1.29 is 14.8 Å². The van der Waals surface area contributed by atoms with Crippen molar-refractivity contribution in [2.45, 2.75) is 32.9 Å². The van der Waals surface area contributed by atoms with Crippen molar-refractivity contribution in [2.24, 2.45) is 0 Å². The molecule has 1 N–H and O–H groups in total. The number of aryl methyl sites for hydroxylation is 2. The third-order valence-corrected chi connectivity index (χ3v) is 4.55. The molecular weight excluding hydrogens is 296 g/mol. The molecular formula is C12H18N4O4S. The number of nitrogens with zero attached hydrogens (tertiary/aromatic N) is 4. The summed E-state index contributed by atoms with van der Waals surface area (Å²) in [6.45, 7) is 4.57. The van der Waals surface area contributed by atoms with Crippen LogP contribution in [-0.4, -0.2) is 49.9 Å². The first-order valence-electron chi connectivity index (χ1n) is 6.73. The summed E-state index contributed by atoms with van der Waals surface area (Å²) in [5.41, 5.74) is 0.350. The number of anilines is 1. The molecule has 0 spiro atoms. The van der Waals surface area contributed by atoms with Gasteiger partial charge in [0.05, 0.1) is 17.4 Å². The predicted molar refractivity (Wildman–Crippen MR) is 80.0 cm³/mol. The van der Waals surface area contributed by atoms with Crippen LogP contribution in [0.2, 0.25) is 0 Å². The highest BCUT2D eigenvalue weighted by Gasteiger charge is 2.35. The van der Waals surface area contributed by atoms with Crippen LogP contribution in [0.1, 0.15) is 19.0 Å². The number of nitro groups is 1. The molecule has 1 aromatic rings. The highest BCUT2D eigenvalue weighted by Crippen LogP contribution is 2.35. The molecule has 9 heteroatoms. The van der Waals surface area contributed by atoms with Gasteiger partial charge in [-0.05, 0) is 13.8 Å². The summed E-state index contributed by atoms with van der Waals surface area (Å²) < 4.78 is 1.60. The summed E-state index contributed by atoms with van der Waals surface area (Å²) in [6, 6.07) is -0.249. The maximum Gasteiger partial charge on any atom is 0.333 e. The molecule has 0 aliphatic carbocycles. The van der Waals surface area contributed by atoms with Crippen LogP contribution < -0.4 is 4.90 Å². The van der Waals surface area contributed by atoms with E-state index in [4.69, 9.17) is 5.11 Å². The third kappa shape index (κ3) is 3.12. The molecule has 1 fully saturated rings. The Morgan fingerprint density at radius 2 is 2.33 bits per heavy atom. The molecule has 8 nitrogen and oxygen atoms in total. The molecule has 1 unspecified atom stereocenters. The molecule has 0 bridgehead atoms. The van der Waals surface area contributed by atoms with E-state index in [1.54, 1.807) is 23.4 Å². The Morgan fingerprint density at radius 3 is 2.90 bits per heavy atom. The molecule has 1 atom stereocenters. The van der Waals surface area contributed by atoms with Crippen molar-refractivity contribution >= 4 is 29.2 Å². The zero-order valence-electron chi connectivity index (χ0n) is 12.0. The average molecular weight is 314 g/mol. The molecule has 2 rings (SSSR count). The summed E-state index contributed by atoms with van der Waals surface area (Å²) in [7, 11) is 0. The van der Waals surface area contributed by atoms with Gasteiger partial charge in [0.2, 0.25) is 5.82 Å². The normalized spacial score (nSPS) is 18.8. The summed E-state index contributed by atoms with van der Waals surface area (Å²) in [5, 5.41) is 24.6. The second kappa shape index (κ2) is 6.33. The van der Waals surface area contributed by atoms with E-state index in [9.17, 15) is 14.9 Å². The zero-order valence-corrected chi connectivity index (χ0v) is 12.8. The van der Waals surface area contributed by atoms with Gasteiger partial charge in [0.15, 0.2) is 0 Å². The second-order valence-electron chi connectivity index (χ2n) is 4.85. The van der Waals surface area contributed by atoms with Gasteiger partial charge in [0.25, 0.3) is 0 Å². The maximum atomic E-state index is 11.3. The molecule has 0 aromatic carbocycles. The number of carboxylic acids is 1. The molecule has 21 heavy (non-hydrogen) atoms. The van der Waals surface area contributed by atoms with Gasteiger partial charge in [-0.1, -0.05) is 0 Å². The highest BCUT2D eigenvalue weighted by molar-refractivity contribution is 7.99. The van der Waals surface area contributed by atoms with Crippen LogP contribution in [-0.2, 0) is 11.3 Å². The van der Waals surface area contributed by atoms with Crippen molar-refractivity contribution in [3.8, 4) is 0 Å². The summed E-state index contributed by atoms with van der Waals surface area (Å²) >= 11 is 1.67. The van der Waals surface area contributed by atoms with Crippen molar-refractivity contribution in [3.63, 3.8) is 0 Å². The number of carboxylic acid groups (broad SMARTS) is 1. The van der Waals surface area contributed by atoms with Gasteiger partial charge in [-0.15, -0.1) is 0 Å². The quantitative estimate of drug-likeness (QED) is 0.649. The molecule has 1 saturated heterocycles. The zero-order chi connectivity index (χ0) is 15.6. The van der Waals surface area contributed by atoms with Crippen molar-refractivity contribution in [1.82, 2.24) is 9.78 Å². The fourth-order valence-electron chi connectivity index (χ4n) is 2.58. The molecule has 2 heterocycles. The lowest BCUT2D eigenvalue weighted by atomic mass is 10.2. The van der Waals surface area contributed by atoms with E-state index in [-0.39, 0.29) is 18.2 Å². The van der Waals surface area contributed by atoms with Gasteiger partial charge in [0, 0.05) is 24.6 Å². The van der Waals surface area contributed by atoms with Gasteiger partial charge in [0.1, 0.15) is 5.69 Å². The second-order valence-corrected chi connectivity index (χ2v) is 6.00. The van der Waals surface area contributed by atoms with Crippen LogP contribution in [0.4, 0.5) is 11.5 Å². The fourth-order valence-corrected chi connectivity index (χ4v) is 3.65. The smallest absolute Gasteiger partial charge is 0.333 e. The van der Waals surface area contributed by atoms with Crippen LogP contribution in [0.3, 0.4) is 0 Å². The first kappa shape index (κ1) is 15.6. The molecule has 1 aromatic heterocycles. The number of thioether (sulfide) groups is 1. The van der Waals surface area contributed by atoms with Crippen molar-refractivity contribution in [1.29, 1.82) is 0 Å². The SMILES string of the molecule is CCn1nc(C)c([N+](=O)[O-])c1N1CCSCC1CC(=O)O. The average Bonchev–Trinajstić information content (AvgIpc) is 2.75. The topological polar surface area (TPSA) is 101 Å². The Labute approximate surface area is 126 Å². The number of aliphatic carboxylic acids is 1. The highest BCUT2D eigenvalue weighted by atomic mass is 32.2. The van der Waals surface area contributed by atoms with Crippen molar-refractivity contribution in [3.05, 3.63) is 15.8 Å². The lowest BCUT2D eigenvalue weighted by Gasteiger charge is -2.35. The van der Waals surface area contributed by atoms with E-state index >= 15 is 0 Å². The Balaban J connectivity index is 2.46. The number of hydrogen-bond donors (Lipinski definition) is 1. The minimum absolute atomic E-state index is 0.0147. The van der Waals surface area contributed by atoms with E-state index in [1.165, 1.54) is 0 Å². The molecule has 1 aliphatic heterocycles. The first-order valence-corrected chi connectivity index (χ1v) is 7.89. The Morgan fingerprint density at radius 1 is 1.62 bits per heavy atom. The van der Waals surface area contributed by atoms with Crippen LogP contribution in [0.15, 0.2) is 0 Å². The predicted octanol–water partition coefficient (Wildman–Crippen LogP) is 1.52. The van der Waals surface area contributed by atoms with E-state index < -0.39 is 10.9 Å². The summed E-state index contributed by atoms with van der Waals surface area (Å²) in [4.78, 5) is 23.8. The van der Waals surface area contributed by atoms with Gasteiger partial charge < -0.3 is 10.0 Å². The molecule has 0 amide bonds. The summed E-state index contributed by atoms with van der Waals surface area (Å²) in [6.07, 6.45) is -0.0297. The lowest BCUT2D eigenvalue weighted by molar-refractivity contribution is -0.384. The third-order valence-electron chi connectivity index (χ3n) is 3.46. The van der Waals surface area contributed by atoms with Crippen LogP contribution in [0.25, 0.3) is 0 Å². The van der Waals surface area contributed by atoms with Gasteiger partial charge in [-0.2, -0.15) is 16.9 Å². The van der Waals surface area contributed by atoms with Gasteiger partial charge in [-0.3, -0.25) is 14.9 Å². The Bertz CT molecular complexity index is 560. The number of rotatable bonds is 5. The molecule has 1 aliphatic rings. The van der Waals surface area contributed by atoms with Crippen LogP contribution in [0, 0.1) is 17.0 Å². The Hall–Kier alpha value is -1.77. The van der Waals surface area contributed by atoms with E-state index in [2.05, 4.69) is 5.10 Å². The maximum absolute atomic E-state index is 11.3. The van der Waals surface area contributed by atoms with E-state index in [0.717, 1.165) is 5.75 Å². The molecule has 0 saturated carbocycles. The molecule has 0 radical (unpaired) electrons.